The van der Waals surface area contributed by atoms with Crippen LogP contribution in [0.3, 0.4) is 0 Å². The zero-order valence-corrected chi connectivity index (χ0v) is 10.1. The molecule has 2 aromatic heterocycles. The van der Waals surface area contributed by atoms with Crippen LogP contribution in [0.4, 0.5) is 0 Å². The van der Waals surface area contributed by atoms with E-state index in [1.54, 1.807) is 4.52 Å². The second kappa shape index (κ2) is 3.47. The van der Waals surface area contributed by atoms with Crippen molar-refractivity contribution in [1.82, 2.24) is 9.03 Å². The highest BCUT2D eigenvalue weighted by Gasteiger charge is 2.19. The molecule has 0 spiro atoms. The summed E-state index contributed by atoms with van der Waals surface area (Å²) in [4.78, 5) is 24.0. The van der Waals surface area contributed by atoms with Crippen LogP contribution in [0.15, 0.2) is 9.59 Å². The summed E-state index contributed by atoms with van der Waals surface area (Å²) < 4.78 is 3.02. The molecule has 0 radical (unpaired) electrons. The second-order valence-corrected chi connectivity index (χ2v) is 4.07. The third kappa shape index (κ3) is 1.10. The lowest BCUT2D eigenvalue weighted by molar-refractivity contribution is 0.768. The third-order valence-electron chi connectivity index (χ3n) is 3.32. The van der Waals surface area contributed by atoms with E-state index in [1.807, 2.05) is 27.7 Å². The maximum Gasteiger partial charge on any atom is 0.277 e. The smallest absolute Gasteiger partial charge is 0.267 e. The highest BCUT2D eigenvalue weighted by molar-refractivity contribution is 5.27. The predicted molar refractivity (Wildman–Crippen MR) is 62.8 cm³/mol. The van der Waals surface area contributed by atoms with Gasteiger partial charge in [-0.25, -0.2) is 0 Å². The lowest BCUT2D eigenvalue weighted by Crippen LogP contribution is -2.24. The maximum absolute atomic E-state index is 12.0. The molecular weight excluding hydrogens is 204 g/mol. The van der Waals surface area contributed by atoms with Crippen LogP contribution in [-0.2, 0) is 12.8 Å². The third-order valence-corrected chi connectivity index (χ3v) is 3.32. The van der Waals surface area contributed by atoms with Gasteiger partial charge < -0.3 is 0 Å². The number of fused-ring (bicyclic) bond motifs is 1. The van der Waals surface area contributed by atoms with Crippen LogP contribution in [0.5, 0.6) is 0 Å². The van der Waals surface area contributed by atoms with Gasteiger partial charge in [0, 0.05) is 22.5 Å². The molecule has 0 fully saturated rings. The minimum absolute atomic E-state index is 0.159. The normalized spacial score (nSPS) is 11.5. The van der Waals surface area contributed by atoms with Crippen LogP contribution in [0.1, 0.15) is 36.4 Å². The Kier molecular flexibility index (Phi) is 2.37. The summed E-state index contributed by atoms with van der Waals surface area (Å²) in [6.07, 6.45) is 1.33. The average molecular weight is 220 g/mol. The molecule has 0 aliphatic rings. The minimum Gasteiger partial charge on any atom is -0.267 e. The molecule has 16 heavy (non-hydrogen) atoms. The topological polar surface area (TPSA) is 43.0 Å². The molecule has 4 heteroatoms. The van der Waals surface area contributed by atoms with Crippen LogP contribution in [0, 0.1) is 13.8 Å². The molecule has 0 bridgehead atoms. The Labute approximate surface area is 93.5 Å². The van der Waals surface area contributed by atoms with E-state index in [0.717, 1.165) is 22.5 Å². The molecule has 2 rings (SSSR count). The first kappa shape index (κ1) is 10.9. The summed E-state index contributed by atoms with van der Waals surface area (Å²) in [5.74, 6) is 0. The SMILES string of the molecule is CCc1c(C)n2c(C)c(CC)c(=O)n2c1=O. The fourth-order valence-electron chi connectivity index (χ4n) is 2.46. The van der Waals surface area contributed by atoms with E-state index >= 15 is 0 Å². The number of hydrogen-bond donors (Lipinski definition) is 0. The lowest BCUT2D eigenvalue weighted by atomic mass is 10.2. The van der Waals surface area contributed by atoms with Crippen molar-refractivity contribution in [2.75, 3.05) is 0 Å². The van der Waals surface area contributed by atoms with Gasteiger partial charge in [0.25, 0.3) is 11.1 Å². The Morgan fingerprint density at radius 2 is 1.19 bits per heavy atom. The Morgan fingerprint density at radius 1 is 0.812 bits per heavy atom. The summed E-state index contributed by atoms with van der Waals surface area (Å²) in [7, 11) is 0. The first-order valence-electron chi connectivity index (χ1n) is 5.62. The fourth-order valence-corrected chi connectivity index (χ4v) is 2.46. The zero-order valence-electron chi connectivity index (χ0n) is 10.1. The maximum atomic E-state index is 12.0. The Morgan fingerprint density at radius 3 is 1.44 bits per heavy atom. The van der Waals surface area contributed by atoms with E-state index in [4.69, 9.17) is 0 Å². The number of rotatable bonds is 2. The van der Waals surface area contributed by atoms with Gasteiger partial charge in [-0.1, -0.05) is 13.8 Å². The van der Waals surface area contributed by atoms with E-state index in [9.17, 15) is 9.59 Å². The number of hydrogen-bond acceptors (Lipinski definition) is 2. The standard InChI is InChI=1S/C12H16N2O2/c1-5-9-7(3)13-8(4)10(6-2)12(16)14(13)11(9)15/h5-6H2,1-4H3. The fraction of sp³-hybridized carbons (Fsp3) is 0.500. The molecule has 0 N–H and O–H groups in total. The second-order valence-electron chi connectivity index (χ2n) is 4.07. The molecule has 2 heterocycles. The van der Waals surface area contributed by atoms with Crippen molar-refractivity contribution in [2.24, 2.45) is 0 Å². The van der Waals surface area contributed by atoms with Gasteiger partial charge in [0.2, 0.25) is 0 Å². The quantitative estimate of drug-likeness (QED) is 0.756. The van der Waals surface area contributed by atoms with Crippen molar-refractivity contribution in [3.8, 4) is 0 Å². The van der Waals surface area contributed by atoms with Gasteiger partial charge in [-0.2, -0.15) is 4.52 Å². The highest BCUT2D eigenvalue weighted by Crippen LogP contribution is 2.10. The Balaban J connectivity index is 3.07. The van der Waals surface area contributed by atoms with E-state index in [0.29, 0.717) is 12.8 Å². The van der Waals surface area contributed by atoms with Crippen molar-refractivity contribution in [3.63, 3.8) is 0 Å². The van der Waals surface area contributed by atoms with Crippen LogP contribution < -0.4 is 11.1 Å². The molecule has 2 aromatic rings. The molecule has 4 nitrogen and oxygen atoms in total. The first-order chi connectivity index (χ1) is 7.54. The predicted octanol–water partition coefficient (Wildman–Crippen LogP) is 0.939. The van der Waals surface area contributed by atoms with Crippen molar-refractivity contribution in [2.45, 2.75) is 40.5 Å². The molecule has 86 valence electrons. The molecule has 0 saturated heterocycles. The van der Waals surface area contributed by atoms with Crippen molar-refractivity contribution >= 4 is 0 Å². The van der Waals surface area contributed by atoms with Gasteiger partial charge in [0.05, 0.1) is 0 Å². The number of nitrogens with zero attached hydrogens (tertiary/aromatic N) is 2. The van der Waals surface area contributed by atoms with Crippen LogP contribution >= 0.6 is 0 Å². The van der Waals surface area contributed by atoms with E-state index in [1.165, 1.54) is 4.52 Å². The largest absolute Gasteiger partial charge is 0.277 e. The molecule has 0 aromatic carbocycles. The molecule has 0 unspecified atom stereocenters. The summed E-state index contributed by atoms with van der Waals surface area (Å²) in [6, 6.07) is 0. The Bertz CT molecular complexity index is 596. The average Bonchev–Trinajstić information content (AvgIpc) is 2.64. The van der Waals surface area contributed by atoms with Crippen LogP contribution in [0.2, 0.25) is 0 Å². The molecular formula is C12H16N2O2. The van der Waals surface area contributed by atoms with E-state index < -0.39 is 0 Å². The first-order valence-corrected chi connectivity index (χ1v) is 5.62. The van der Waals surface area contributed by atoms with Crippen LogP contribution in [-0.4, -0.2) is 9.03 Å². The summed E-state index contributed by atoms with van der Waals surface area (Å²) in [5, 5.41) is 0. The van der Waals surface area contributed by atoms with Crippen molar-refractivity contribution < 1.29 is 0 Å². The molecule has 0 saturated carbocycles. The molecule has 0 aliphatic heterocycles. The molecule has 0 aliphatic carbocycles. The zero-order chi connectivity index (χ0) is 12.0. The van der Waals surface area contributed by atoms with Gasteiger partial charge >= 0.3 is 0 Å². The summed E-state index contributed by atoms with van der Waals surface area (Å²) in [6.45, 7) is 7.66. The Hall–Kier alpha value is -1.58. The van der Waals surface area contributed by atoms with Gasteiger partial charge in [0.1, 0.15) is 0 Å². The lowest BCUT2D eigenvalue weighted by Gasteiger charge is -1.97. The monoisotopic (exact) mass is 220 g/mol. The molecule has 0 amide bonds. The van der Waals surface area contributed by atoms with Gasteiger partial charge in [-0.05, 0) is 26.7 Å². The number of aryl methyl sites for hydroxylation is 2. The van der Waals surface area contributed by atoms with Gasteiger partial charge in [-0.15, -0.1) is 0 Å². The van der Waals surface area contributed by atoms with Gasteiger partial charge in [0.15, 0.2) is 0 Å². The van der Waals surface area contributed by atoms with Crippen molar-refractivity contribution in [3.05, 3.63) is 43.2 Å². The van der Waals surface area contributed by atoms with E-state index in [2.05, 4.69) is 0 Å². The highest BCUT2D eigenvalue weighted by atomic mass is 16.2. The van der Waals surface area contributed by atoms with Crippen LogP contribution in [0.25, 0.3) is 0 Å². The summed E-state index contributed by atoms with van der Waals surface area (Å²) in [5.41, 5.74) is 2.94. The van der Waals surface area contributed by atoms with Crippen molar-refractivity contribution in [1.29, 1.82) is 0 Å². The molecule has 0 atom stereocenters. The van der Waals surface area contributed by atoms with Gasteiger partial charge in [-0.3, -0.25) is 14.1 Å². The summed E-state index contributed by atoms with van der Waals surface area (Å²) >= 11 is 0. The minimum atomic E-state index is -0.159. The van der Waals surface area contributed by atoms with E-state index in [-0.39, 0.29) is 11.1 Å². The number of aromatic nitrogens is 2.